The number of nitrogens with one attached hydrogen (secondary N) is 1. The summed E-state index contributed by atoms with van der Waals surface area (Å²) < 4.78 is 0. The second kappa shape index (κ2) is 6.94. The van der Waals surface area contributed by atoms with Gasteiger partial charge in [-0.15, -0.1) is 0 Å². The first kappa shape index (κ1) is 15.8. The van der Waals surface area contributed by atoms with Crippen LogP contribution in [-0.2, 0) is 4.79 Å². The zero-order valence-electron chi connectivity index (χ0n) is 13.2. The molecule has 0 bridgehead atoms. The van der Waals surface area contributed by atoms with Crippen LogP contribution in [0, 0.1) is 5.41 Å². The molecule has 0 radical (unpaired) electrons. The molecule has 2 rings (SSSR count). The number of hydrogen-bond donors (Lipinski definition) is 2. The van der Waals surface area contributed by atoms with E-state index in [4.69, 9.17) is 5.73 Å². The Labute approximate surface area is 127 Å². The first-order valence-corrected chi connectivity index (χ1v) is 7.83. The third kappa shape index (κ3) is 5.05. The molecule has 4 heteroatoms. The summed E-state index contributed by atoms with van der Waals surface area (Å²) in [5.41, 5.74) is 7.56. The van der Waals surface area contributed by atoms with E-state index in [2.05, 4.69) is 24.1 Å². The van der Waals surface area contributed by atoms with Crippen LogP contribution < -0.4 is 11.1 Å². The quantitative estimate of drug-likeness (QED) is 0.819. The van der Waals surface area contributed by atoms with Gasteiger partial charge in [-0.3, -0.25) is 4.79 Å². The van der Waals surface area contributed by atoms with Crippen LogP contribution in [0.1, 0.15) is 39.5 Å². The number of anilines is 2. The predicted octanol–water partition coefficient (Wildman–Crippen LogP) is 3.11. The topological polar surface area (TPSA) is 58.4 Å². The van der Waals surface area contributed by atoms with E-state index in [9.17, 15) is 4.79 Å². The van der Waals surface area contributed by atoms with E-state index in [0.29, 0.717) is 23.2 Å². The number of nitrogens with zero attached hydrogens (tertiary/aromatic N) is 1. The van der Waals surface area contributed by atoms with Gasteiger partial charge in [0, 0.05) is 13.0 Å². The number of nitrogen functional groups attached to an aromatic ring is 1. The third-order valence-corrected chi connectivity index (χ3v) is 4.09. The van der Waals surface area contributed by atoms with Gasteiger partial charge < -0.3 is 16.0 Å². The van der Waals surface area contributed by atoms with Crippen molar-refractivity contribution in [2.45, 2.75) is 39.5 Å². The first-order chi connectivity index (χ1) is 9.96. The second-order valence-corrected chi connectivity index (χ2v) is 6.78. The van der Waals surface area contributed by atoms with Gasteiger partial charge in [0.2, 0.25) is 5.91 Å². The predicted molar refractivity (Wildman–Crippen MR) is 88.2 cm³/mol. The SMILES string of the molecule is CC1(C)CCCN(CCCC(=O)Nc2ccccc2N)C1. The van der Waals surface area contributed by atoms with Crippen LogP contribution >= 0.6 is 0 Å². The summed E-state index contributed by atoms with van der Waals surface area (Å²) in [6.45, 7) is 7.95. The minimum Gasteiger partial charge on any atom is -0.397 e. The summed E-state index contributed by atoms with van der Waals surface area (Å²) in [5.74, 6) is 0.0455. The summed E-state index contributed by atoms with van der Waals surface area (Å²) in [5, 5.41) is 2.88. The summed E-state index contributed by atoms with van der Waals surface area (Å²) in [6.07, 6.45) is 4.01. The second-order valence-electron chi connectivity index (χ2n) is 6.78. The van der Waals surface area contributed by atoms with Crippen molar-refractivity contribution in [2.24, 2.45) is 5.41 Å². The lowest BCUT2D eigenvalue weighted by Gasteiger charge is -2.38. The van der Waals surface area contributed by atoms with Gasteiger partial charge in [0.15, 0.2) is 0 Å². The largest absolute Gasteiger partial charge is 0.397 e. The molecule has 1 aromatic rings. The summed E-state index contributed by atoms with van der Waals surface area (Å²) in [4.78, 5) is 14.4. The summed E-state index contributed by atoms with van der Waals surface area (Å²) in [7, 11) is 0. The normalized spacial score (nSPS) is 18.4. The molecule has 0 spiro atoms. The average molecular weight is 289 g/mol. The van der Waals surface area contributed by atoms with Crippen molar-refractivity contribution in [1.29, 1.82) is 0 Å². The van der Waals surface area contributed by atoms with Crippen molar-refractivity contribution >= 4 is 17.3 Å². The van der Waals surface area contributed by atoms with Crippen LogP contribution in [-0.4, -0.2) is 30.4 Å². The zero-order chi connectivity index (χ0) is 15.3. The molecule has 1 fully saturated rings. The van der Waals surface area contributed by atoms with Gasteiger partial charge in [-0.1, -0.05) is 26.0 Å². The minimum absolute atomic E-state index is 0.0455. The third-order valence-electron chi connectivity index (χ3n) is 4.09. The van der Waals surface area contributed by atoms with Gasteiger partial charge in [0.05, 0.1) is 11.4 Å². The van der Waals surface area contributed by atoms with Gasteiger partial charge in [0.25, 0.3) is 0 Å². The highest BCUT2D eigenvalue weighted by Gasteiger charge is 2.25. The molecule has 1 heterocycles. The molecule has 21 heavy (non-hydrogen) atoms. The number of amides is 1. The molecule has 116 valence electrons. The lowest BCUT2D eigenvalue weighted by Crippen LogP contribution is -2.40. The lowest BCUT2D eigenvalue weighted by molar-refractivity contribution is -0.116. The van der Waals surface area contributed by atoms with Gasteiger partial charge >= 0.3 is 0 Å². The Hall–Kier alpha value is -1.55. The Morgan fingerprint density at radius 2 is 2.14 bits per heavy atom. The fraction of sp³-hybridized carbons (Fsp3) is 0.588. The molecule has 1 aromatic carbocycles. The Kier molecular flexibility index (Phi) is 5.23. The molecule has 1 amide bonds. The smallest absolute Gasteiger partial charge is 0.224 e. The molecular weight excluding hydrogens is 262 g/mol. The fourth-order valence-electron chi connectivity index (χ4n) is 3.02. The first-order valence-electron chi connectivity index (χ1n) is 7.83. The van der Waals surface area contributed by atoms with Crippen molar-refractivity contribution in [1.82, 2.24) is 4.90 Å². The minimum atomic E-state index is 0.0455. The van der Waals surface area contributed by atoms with E-state index in [1.165, 1.54) is 12.8 Å². The molecule has 1 aliphatic rings. The van der Waals surface area contributed by atoms with Crippen LogP contribution in [0.3, 0.4) is 0 Å². The monoisotopic (exact) mass is 289 g/mol. The highest BCUT2D eigenvalue weighted by Crippen LogP contribution is 2.28. The standard InChI is InChI=1S/C17H27N3O/c1-17(2)10-6-12-20(13-17)11-5-9-16(21)19-15-8-4-3-7-14(15)18/h3-4,7-8H,5-6,9-13,18H2,1-2H3,(H,19,21). The van der Waals surface area contributed by atoms with E-state index in [-0.39, 0.29) is 5.91 Å². The molecule has 0 saturated carbocycles. The number of carbonyl (C=O) groups is 1. The van der Waals surface area contributed by atoms with Crippen LogP contribution in [0.15, 0.2) is 24.3 Å². The van der Waals surface area contributed by atoms with Crippen LogP contribution in [0.25, 0.3) is 0 Å². The number of carbonyl (C=O) groups excluding carboxylic acids is 1. The average Bonchev–Trinajstić information content (AvgIpc) is 2.40. The molecule has 0 aliphatic carbocycles. The molecule has 0 unspecified atom stereocenters. The number of benzene rings is 1. The molecule has 3 N–H and O–H groups in total. The van der Waals surface area contributed by atoms with Gasteiger partial charge in [-0.05, 0) is 49.9 Å². The van der Waals surface area contributed by atoms with Crippen LogP contribution in [0.2, 0.25) is 0 Å². The van der Waals surface area contributed by atoms with E-state index in [0.717, 1.165) is 26.1 Å². The Balaban J connectivity index is 1.71. The van der Waals surface area contributed by atoms with Crippen LogP contribution in [0.5, 0.6) is 0 Å². The number of likely N-dealkylation sites (tertiary alicyclic amines) is 1. The maximum atomic E-state index is 11.9. The zero-order valence-corrected chi connectivity index (χ0v) is 13.2. The van der Waals surface area contributed by atoms with E-state index in [1.807, 2.05) is 18.2 Å². The van der Waals surface area contributed by atoms with Crippen molar-refractivity contribution < 1.29 is 4.79 Å². The van der Waals surface area contributed by atoms with E-state index >= 15 is 0 Å². The Bertz CT molecular complexity index is 485. The number of rotatable bonds is 5. The maximum Gasteiger partial charge on any atom is 0.224 e. The molecule has 4 nitrogen and oxygen atoms in total. The van der Waals surface area contributed by atoms with Crippen molar-refractivity contribution in [3.05, 3.63) is 24.3 Å². The van der Waals surface area contributed by atoms with Crippen molar-refractivity contribution in [3.8, 4) is 0 Å². The van der Waals surface area contributed by atoms with Gasteiger partial charge in [-0.25, -0.2) is 0 Å². The van der Waals surface area contributed by atoms with E-state index < -0.39 is 0 Å². The Morgan fingerprint density at radius 3 is 2.86 bits per heavy atom. The molecular formula is C17H27N3O. The maximum absolute atomic E-state index is 11.9. The molecule has 1 aliphatic heterocycles. The number of piperidine rings is 1. The number of nitrogens with two attached hydrogens (primary N) is 1. The van der Waals surface area contributed by atoms with Crippen LogP contribution in [0.4, 0.5) is 11.4 Å². The lowest BCUT2D eigenvalue weighted by atomic mass is 9.84. The summed E-state index contributed by atoms with van der Waals surface area (Å²) in [6, 6.07) is 7.37. The molecule has 1 saturated heterocycles. The Morgan fingerprint density at radius 1 is 1.38 bits per heavy atom. The number of hydrogen-bond acceptors (Lipinski definition) is 3. The fourth-order valence-corrected chi connectivity index (χ4v) is 3.02. The highest BCUT2D eigenvalue weighted by atomic mass is 16.1. The highest BCUT2D eigenvalue weighted by molar-refractivity contribution is 5.93. The van der Waals surface area contributed by atoms with Crippen molar-refractivity contribution in [3.63, 3.8) is 0 Å². The van der Waals surface area contributed by atoms with Gasteiger partial charge in [-0.2, -0.15) is 0 Å². The number of para-hydroxylation sites is 2. The molecule has 0 aromatic heterocycles. The van der Waals surface area contributed by atoms with Gasteiger partial charge in [0.1, 0.15) is 0 Å². The van der Waals surface area contributed by atoms with E-state index in [1.54, 1.807) is 6.07 Å². The van der Waals surface area contributed by atoms with Crippen molar-refractivity contribution in [2.75, 3.05) is 30.7 Å². The molecule has 0 atom stereocenters. The summed E-state index contributed by atoms with van der Waals surface area (Å²) >= 11 is 0.